The van der Waals surface area contributed by atoms with E-state index in [0.717, 1.165) is 25.2 Å². The summed E-state index contributed by atoms with van der Waals surface area (Å²) in [5.74, 6) is -0.818. The Labute approximate surface area is 143 Å². The molecule has 8 heteroatoms. The second-order valence-corrected chi connectivity index (χ2v) is 9.63. The van der Waals surface area contributed by atoms with Crippen LogP contribution < -0.4 is 4.90 Å². The fraction of sp³-hybridized carbons (Fsp3) is 0.625. The number of anilines is 1. The molecule has 1 aliphatic heterocycles. The Bertz CT molecular complexity index is 680. The molecule has 1 N–H and O–H groups in total. The largest absolute Gasteiger partial charge is 0.480 e. The van der Waals surface area contributed by atoms with Crippen molar-refractivity contribution in [1.29, 1.82) is 0 Å². The third-order valence-electron chi connectivity index (χ3n) is 4.11. The van der Waals surface area contributed by atoms with Crippen molar-refractivity contribution in [3.8, 4) is 0 Å². The van der Waals surface area contributed by atoms with Gasteiger partial charge >= 0.3 is 5.97 Å². The normalized spacial score (nSPS) is 17.5. The van der Waals surface area contributed by atoms with Crippen molar-refractivity contribution in [3.05, 3.63) is 18.3 Å². The molecule has 1 aromatic rings. The standard InChI is InChI=1S/C16H25N3O4S/c1-16(2,3)24(22,23)14-6-5-13(11-17-14)19-8-4-7-18(9-10-19)12-15(20)21/h5-6,11H,4,7-10,12H2,1-3H3,(H,20,21). The molecule has 0 bridgehead atoms. The van der Waals surface area contributed by atoms with Gasteiger partial charge in [-0.2, -0.15) is 0 Å². The predicted octanol–water partition coefficient (Wildman–Crippen LogP) is 1.25. The van der Waals surface area contributed by atoms with Crippen LogP contribution in [-0.4, -0.2) is 66.8 Å². The summed E-state index contributed by atoms with van der Waals surface area (Å²) in [5, 5.41) is 8.98. The Morgan fingerprint density at radius 2 is 1.92 bits per heavy atom. The number of carboxylic acids is 1. The zero-order valence-electron chi connectivity index (χ0n) is 14.4. The third kappa shape index (κ3) is 4.24. The van der Waals surface area contributed by atoms with Crippen LogP contribution in [0.5, 0.6) is 0 Å². The van der Waals surface area contributed by atoms with Gasteiger partial charge in [0.1, 0.15) is 0 Å². The summed E-state index contributed by atoms with van der Waals surface area (Å²) in [7, 11) is -3.46. The molecule has 24 heavy (non-hydrogen) atoms. The van der Waals surface area contributed by atoms with E-state index in [1.54, 1.807) is 39.1 Å². The van der Waals surface area contributed by atoms with Crippen molar-refractivity contribution in [2.75, 3.05) is 37.6 Å². The molecule has 0 unspecified atom stereocenters. The molecule has 1 aromatic heterocycles. The molecule has 1 saturated heterocycles. The molecule has 0 aliphatic carbocycles. The lowest BCUT2D eigenvalue weighted by molar-refractivity contribution is -0.138. The highest BCUT2D eigenvalue weighted by atomic mass is 32.2. The zero-order valence-corrected chi connectivity index (χ0v) is 15.2. The topological polar surface area (TPSA) is 90.8 Å². The monoisotopic (exact) mass is 355 g/mol. The van der Waals surface area contributed by atoms with Crippen LogP contribution >= 0.6 is 0 Å². The predicted molar refractivity (Wildman–Crippen MR) is 92.1 cm³/mol. The fourth-order valence-corrected chi connectivity index (χ4v) is 3.68. The molecule has 0 aromatic carbocycles. The van der Waals surface area contributed by atoms with Crippen LogP contribution in [0.15, 0.2) is 23.4 Å². The summed E-state index contributed by atoms with van der Waals surface area (Å²) >= 11 is 0. The number of hydrogen-bond donors (Lipinski definition) is 1. The average Bonchev–Trinajstić information content (AvgIpc) is 2.71. The van der Waals surface area contributed by atoms with Gasteiger partial charge < -0.3 is 10.0 Å². The Kier molecular flexibility index (Phi) is 5.49. The highest BCUT2D eigenvalue weighted by Crippen LogP contribution is 2.25. The Balaban J connectivity index is 2.10. The van der Waals surface area contributed by atoms with E-state index in [4.69, 9.17) is 5.11 Å². The lowest BCUT2D eigenvalue weighted by atomic mass is 10.3. The first-order chi connectivity index (χ1) is 11.1. The maximum absolute atomic E-state index is 12.4. The van der Waals surface area contributed by atoms with E-state index >= 15 is 0 Å². The summed E-state index contributed by atoms with van der Waals surface area (Å²) in [6.45, 7) is 7.91. The molecule has 0 spiro atoms. The summed E-state index contributed by atoms with van der Waals surface area (Å²) in [5.41, 5.74) is 0.861. The Hall–Kier alpha value is -1.67. The van der Waals surface area contributed by atoms with Crippen molar-refractivity contribution in [3.63, 3.8) is 0 Å². The number of pyridine rings is 1. The van der Waals surface area contributed by atoms with Gasteiger partial charge in [-0.3, -0.25) is 9.69 Å². The van der Waals surface area contributed by atoms with Crippen molar-refractivity contribution < 1.29 is 18.3 Å². The van der Waals surface area contributed by atoms with Gasteiger partial charge in [0.25, 0.3) is 0 Å². The third-order valence-corrected chi connectivity index (χ3v) is 6.52. The van der Waals surface area contributed by atoms with Crippen LogP contribution in [0.1, 0.15) is 27.2 Å². The molecule has 1 fully saturated rings. The van der Waals surface area contributed by atoms with Gasteiger partial charge in [0.05, 0.1) is 23.2 Å². The minimum absolute atomic E-state index is 0.0505. The first-order valence-electron chi connectivity index (χ1n) is 8.01. The Morgan fingerprint density at radius 3 is 2.46 bits per heavy atom. The van der Waals surface area contributed by atoms with E-state index in [2.05, 4.69) is 9.88 Å². The lowest BCUT2D eigenvalue weighted by Crippen LogP contribution is -2.34. The second kappa shape index (κ2) is 7.06. The first-order valence-corrected chi connectivity index (χ1v) is 9.49. The molecule has 0 saturated carbocycles. The van der Waals surface area contributed by atoms with Gasteiger partial charge in [-0.25, -0.2) is 13.4 Å². The van der Waals surface area contributed by atoms with E-state index in [1.165, 1.54) is 0 Å². The number of aromatic nitrogens is 1. The minimum Gasteiger partial charge on any atom is -0.480 e. The van der Waals surface area contributed by atoms with Crippen LogP contribution in [0.2, 0.25) is 0 Å². The Morgan fingerprint density at radius 1 is 1.21 bits per heavy atom. The smallest absolute Gasteiger partial charge is 0.317 e. The number of carboxylic acid groups (broad SMARTS) is 1. The zero-order chi connectivity index (χ0) is 18.0. The van der Waals surface area contributed by atoms with E-state index in [1.807, 2.05) is 4.90 Å². The van der Waals surface area contributed by atoms with Crippen molar-refractivity contribution in [1.82, 2.24) is 9.88 Å². The van der Waals surface area contributed by atoms with Crippen LogP contribution in [0.3, 0.4) is 0 Å². The van der Waals surface area contributed by atoms with Crippen LogP contribution in [0, 0.1) is 0 Å². The highest BCUT2D eigenvalue weighted by Gasteiger charge is 2.32. The quantitative estimate of drug-likeness (QED) is 0.869. The number of nitrogens with zero attached hydrogens (tertiary/aromatic N) is 3. The minimum atomic E-state index is -3.46. The van der Waals surface area contributed by atoms with Gasteiger partial charge in [0.15, 0.2) is 14.9 Å². The molecule has 2 heterocycles. The molecular weight excluding hydrogens is 330 g/mol. The van der Waals surface area contributed by atoms with E-state index in [9.17, 15) is 13.2 Å². The van der Waals surface area contributed by atoms with E-state index in [-0.39, 0.29) is 11.6 Å². The second-order valence-electron chi connectivity index (χ2n) is 6.98. The van der Waals surface area contributed by atoms with Crippen LogP contribution in [0.25, 0.3) is 0 Å². The molecule has 0 radical (unpaired) electrons. The van der Waals surface area contributed by atoms with E-state index < -0.39 is 20.6 Å². The van der Waals surface area contributed by atoms with E-state index in [0.29, 0.717) is 13.1 Å². The summed E-state index contributed by atoms with van der Waals surface area (Å²) in [6.07, 6.45) is 2.45. The number of aliphatic carboxylic acids is 1. The SMILES string of the molecule is CC(C)(C)S(=O)(=O)c1ccc(N2CCCN(CC(=O)O)CC2)cn1. The van der Waals surface area contributed by atoms with Crippen LogP contribution in [-0.2, 0) is 14.6 Å². The number of carbonyl (C=O) groups is 1. The fourth-order valence-electron chi connectivity index (χ4n) is 2.61. The number of rotatable bonds is 4. The summed E-state index contributed by atoms with van der Waals surface area (Å²) in [6, 6.07) is 3.33. The van der Waals surface area contributed by atoms with Gasteiger partial charge in [-0.15, -0.1) is 0 Å². The van der Waals surface area contributed by atoms with Gasteiger partial charge in [0.2, 0.25) is 0 Å². The maximum Gasteiger partial charge on any atom is 0.317 e. The first kappa shape index (κ1) is 18.7. The maximum atomic E-state index is 12.4. The molecule has 134 valence electrons. The number of hydrogen-bond acceptors (Lipinski definition) is 6. The van der Waals surface area contributed by atoms with Gasteiger partial charge in [-0.1, -0.05) is 0 Å². The van der Waals surface area contributed by atoms with Crippen molar-refractivity contribution in [2.24, 2.45) is 0 Å². The highest BCUT2D eigenvalue weighted by molar-refractivity contribution is 7.92. The molecule has 7 nitrogen and oxygen atoms in total. The summed E-state index contributed by atoms with van der Waals surface area (Å²) < 4.78 is 23.9. The number of sulfone groups is 1. The molecule has 1 aliphatic rings. The molecule has 0 atom stereocenters. The molecular formula is C16H25N3O4S. The van der Waals surface area contributed by atoms with Crippen molar-refractivity contribution >= 4 is 21.5 Å². The summed E-state index contributed by atoms with van der Waals surface area (Å²) in [4.78, 5) is 19.0. The van der Waals surface area contributed by atoms with Crippen LogP contribution in [0.4, 0.5) is 5.69 Å². The average molecular weight is 355 g/mol. The van der Waals surface area contributed by atoms with Gasteiger partial charge in [-0.05, 0) is 39.3 Å². The van der Waals surface area contributed by atoms with Gasteiger partial charge in [0, 0.05) is 26.2 Å². The molecule has 0 amide bonds. The lowest BCUT2D eigenvalue weighted by Gasteiger charge is -2.23. The van der Waals surface area contributed by atoms with Crippen molar-refractivity contribution in [2.45, 2.75) is 37.0 Å². The molecule has 2 rings (SSSR count).